The van der Waals surface area contributed by atoms with Gasteiger partial charge in [-0.25, -0.2) is 4.98 Å². The zero-order valence-corrected chi connectivity index (χ0v) is 16.1. The quantitative estimate of drug-likeness (QED) is 0.577. The fraction of sp³-hybridized carbons (Fsp3) is 0.444. The highest BCUT2D eigenvalue weighted by Gasteiger charge is 2.36. The third-order valence-corrected chi connectivity index (χ3v) is 4.66. The van der Waals surface area contributed by atoms with Crippen molar-refractivity contribution in [3.63, 3.8) is 0 Å². The highest BCUT2D eigenvalue weighted by atomic mass is 19.4. The van der Waals surface area contributed by atoms with E-state index in [4.69, 9.17) is 9.39 Å². The second-order valence-electron chi connectivity index (χ2n) is 6.69. The maximum atomic E-state index is 13.4. The molecule has 1 atom stereocenters. The first-order valence-corrected chi connectivity index (χ1v) is 9.21. The predicted molar refractivity (Wildman–Crippen MR) is 103 cm³/mol. The summed E-state index contributed by atoms with van der Waals surface area (Å²) in [6, 6.07) is 4.89. The van der Waals surface area contributed by atoms with Crippen LogP contribution in [0, 0.1) is 0 Å². The fourth-order valence-corrected chi connectivity index (χ4v) is 3.03. The molecule has 0 fully saturated rings. The Morgan fingerprint density at radius 1 is 1.38 bits per heavy atom. The van der Waals surface area contributed by atoms with Gasteiger partial charge in [-0.1, -0.05) is 13.0 Å². The van der Waals surface area contributed by atoms with Gasteiger partial charge in [-0.2, -0.15) is 18.2 Å². The third kappa shape index (κ3) is 5.17. The normalized spacial score (nSPS) is 14.6. The van der Waals surface area contributed by atoms with Gasteiger partial charge in [0.1, 0.15) is 11.4 Å². The van der Waals surface area contributed by atoms with Gasteiger partial charge in [0.2, 0.25) is 5.95 Å². The van der Waals surface area contributed by atoms with Gasteiger partial charge in [-0.05, 0) is 36.0 Å². The van der Waals surface area contributed by atoms with E-state index in [9.17, 15) is 18.2 Å². The van der Waals surface area contributed by atoms with E-state index in [1.165, 1.54) is 0 Å². The number of alkyl halides is 3. The minimum atomic E-state index is -4.58. The molecule has 1 aliphatic rings. The van der Waals surface area contributed by atoms with E-state index in [0.29, 0.717) is 30.6 Å². The average molecular weight is 410 g/mol. The number of methoxy groups -OCH3 is 1. The van der Waals surface area contributed by atoms with Crippen molar-refractivity contribution in [2.24, 2.45) is 0 Å². The van der Waals surface area contributed by atoms with Crippen molar-refractivity contribution < 1.29 is 27.6 Å². The van der Waals surface area contributed by atoms with Crippen LogP contribution in [0.2, 0.25) is 0 Å². The standard InChI is InChI=1S/C18H22BF3N4O3/c1-3-12(6-7-28-2)24-16-14(18(20,21)22)9-23-17(26-16)25-13-4-5-15-11(8-13)10-29-19(15)27/h4-5,8-9,12,27H,3,6-7,10H2,1-2H3,(H2,23,24,25,26). The van der Waals surface area contributed by atoms with Crippen LogP contribution in [0.5, 0.6) is 0 Å². The Hall–Kier alpha value is -2.37. The number of nitrogens with zero attached hydrogens (tertiary/aromatic N) is 2. The van der Waals surface area contributed by atoms with Crippen LogP contribution in [0.1, 0.15) is 30.9 Å². The molecule has 7 nitrogen and oxygen atoms in total. The lowest BCUT2D eigenvalue weighted by atomic mass is 9.79. The summed E-state index contributed by atoms with van der Waals surface area (Å²) >= 11 is 0. The molecule has 0 spiro atoms. The van der Waals surface area contributed by atoms with E-state index in [-0.39, 0.29) is 24.4 Å². The van der Waals surface area contributed by atoms with E-state index in [2.05, 4.69) is 20.6 Å². The molecule has 29 heavy (non-hydrogen) atoms. The Morgan fingerprint density at radius 3 is 2.86 bits per heavy atom. The van der Waals surface area contributed by atoms with Gasteiger partial charge in [0, 0.05) is 31.6 Å². The smallest absolute Gasteiger partial charge is 0.423 e. The molecule has 0 amide bonds. The fourth-order valence-electron chi connectivity index (χ4n) is 3.03. The second kappa shape index (κ2) is 8.97. The topological polar surface area (TPSA) is 88.5 Å². The predicted octanol–water partition coefficient (Wildman–Crippen LogP) is 2.68. The lowest BCUT2D eigenvalue weighted by molar-refractivity contribution is -0.137. The van der Waals surface area contributed by atoms with Crippen LogP contribution in [-0.2, 0) is 22.2 Å². The van der Waals surface area contributed by atoms with E-state index in [1.54, 1.807) is 25.3 Å². The van der Waals surface area contributed by atoms with Gasteiger partial charge in [-0.15, -0.1) is 0 Å². The van der Waals surface area contributed by atoms with Crippen LogP contribution in [0.25, 0.3) is 0 Å². The molecule has 0 radical (unpaired) electrons. The molecule has 11 heteroatoms. The van der Waals surface area contributed by atoms with Crippen molar-refractivity contribution in [1.29, 1.82) is 0 Å². The van der Waals surface area contributed by atoms with E-state index in [1.807, 2.05) is 6.92 Å². The Morgan fingerprint density at radius 2 is 2.17 bits per heavy atom. The van der Waals surface area contributed by atoms with Gasteiger partial charge < -0.3 is 25.0 Å². The van der Waals surface area contributed by atoms with Gasteiger partial charge in [0.15, 0.2) is 0 Å². The summed E-state index contributed by atoms with van der Waals surface area (Å²) in [6.07, 6.45) is -2.66. The number of halogens is 3. The zero-order valence-electron chi connectivity index (χ0n) is 16.1. The number of hydrogen-bond acceptors (Lipinski definition) is 7. The largest absolute Gasteiger partial charge is 0.491 e. The number of rotatable bonds is 8. The summed E-state index contributed by atoms with van der Waals surface area (Å²) in [6.45, 7) is 2.55. The lowest BCUT2D eigenvalue weighted by Gasteiger charge is -2.20. The summed E-state index contributed by atoms with van der Waals surface area (Å²) in [5.41, 5.74) is 1.11. The molecule has 3 N–H and O–H groups in total. The van der Waals surface area contributed by atoms with Crippen LogP contribution in [0.3, 0.4) is 0 Å². The molecular weight excluding hydrogens is 388 g/mol. The van der Waals surface area contributed by atoms with Gasteiger partial charge in [0.05, 0.1) is 6.61 Å². The first-order valence-electron chi connectivity index (χ1n) is 9.21. The molecule has 1 aromatic carbocycles. The number of aromatic nitrogens is 2. The Bertz CT molecular complexity index is 854. The number of fused-ring (bicyclic) bond motifs is 1. The van der Waals surface area contributed by atoms with Crippen molar-refractivity contribution in [2.45, 2.75) is 38.6 Å². The minimum absolute atomic E-state index is 0.0292. The van der Waals surface area contributed by atoms with E-state index >= 15 is 0 Å². The molecule has 1 aliphatic heterocycles. The molecule has 0 aliphatic carbocycles. The maximum Gasteiger partial charge on any atom is 0.491 e. The number of ether oxygens (including phenoxy) is 1. The third-order valence-electron chi connectivity index (χ3n) is 4.66. The van der Waals surface area contributed by atoms with Crippen molar-refractivity contribution >= 4 is 30.0 Å². The van der Waals surface area contributed by atoms with Crippen LogP contribution < -0.4 is 16.1 Å². The summed E-state index contributed by atoms with van der Waals surface area (Å²) in [5, 5.41) is 15.5. The van der Waals surface area contributed by atoms with Crippen molar-refractivity contribution in [3.05, 3.63) is 35.5 Å². The van der Waals surface area contributed by atoms with E-state index < -0.39 is 18.9 Å². The molecule has 3 rings (SSSR count). The molecule has 1 aromatic heterocycles. The number of anilines is 3. The van der Waals surface area contributed by atoms with Crippen LogP contribution in [0.4, 0.5) is 30.6 Å². The first-order chi connectivity index (χ1) is 13.8. The minimum Gasteiger partial charge on any atom is -0.423 e. The highest BCUT2D eigenvalue weighted by Crippen LogP contribution is 2.34. The molecule has 0 saturated heterocycles. The molecule has 2 aromatic rings. The van der Waals surface area contributed by atoms with Crippen LogP contribution in [-0.4, -0.2) is 41.9 Å². The van der Waals surface area contributed by atoms with Crippen molar-refractivity contribution in [3.8, 4) is 0 Å². The molecular formula is C18H22BF3N4O3. The summed E-state index contributed by atoms with van der Waals surface area (Å²) < 4.78 is 50.4. The van der Waals surface area contributed by atoms with Crippen molar-refractivity contribution in [1.82, 2.24) is 9.97 Å². The van der Waals surface area contributed by atoms with Gasteiger partial charge >= 0.3 is 13.3 Å². The zero-order chi connectivity index (χ0) is 21.0. The molecule has 0 saturated carbocycles. The Balaban J connectivity index is 1.84. The van der Waals surface area contributed by atoms with Gasteiger partial charge in [-0.3, -0.25) is 0 Å². The molecule has 0 bridgehead atoms. The lowest BCUT2D eigenvalue weighted by Crippen LogP contribution is -2.27. The summed E-state index contributed by atoms with van der Waals surface area (Å²) in [4.78, 5) is 7.88. The molecule has 1 unspecified atom stereocenters. The average Bonchev–Trinajstić information content (AvgIpc) is 3.04. The molecule has 156 valence electrons. The maximum absolute atomic E-state index is 13.4. The van der Waals surface area contributed by atoms with Crippen LogP contribution in [0.15, 0.2) is 24.4 Å². The molecule has 2 heterocycles. The van der Waals surface area contributed by atoms with Crippen LogP contribution >= 0.6 is 0 Å². The summed E-state index contributed by atoms with van der Waals surface area (Å²) in [7, 11) is 0.580. The number of benzene rings is 1. The second-order valence-corrected chi connectivity index (χ2v) is 6.69. The highest BCUT2D eigenvalue weighted by molar-refractivity contribution is 6.61. The van der Waals surface area contributed by atoms with Crippen molar-refractivity contribution in [2.75, 3.05) is 24.4 Å². The Kier molecular flexibility index (Phi) is 6.61. The van der Waals surface area contributed by atoms with Gasteiger partial charge in [0.25, 0.3) is 0 Å². The SMILES string of the molecule is CCC(CCOC)Nc1nc(Nc2ccc3c(c2)COB3O)ncc1C(F)(F)F. The van der Waals surface area contributed by atoms with E-state index in [0.717, 1.165) is 11.8 Å². The first kappa shape index (κ1) is 21.3. The number of hydrogen-bond donors (Lipinski definition) is 3. The Labute approximate surface area is 166 Å². The number of nitrogens with one attached hydrogen (secondary N) is 2. The summed E-state index contributed by atoms with van der Waals surface area (Å²) in [5.74, 6) is -0.251. The monoisotopic (exact) mass is 410 g/mol.